The number of benzene rings is 1. The van der Waals surface area contributed by atoms with Gasteiger partial charge in [-0.25, -0.2) is 4.98 Å². The van der Waals surface area contributed by atoms with Gasteiger partial charge in [-0.2, -0.15) is 5.26 Å². The molecule has 0 fully saturated rings. The van der Waals surface area contributed by atoms with Gasteiger partial charge >= 0.3 is 0 Å². The second-order valence-electron chi connectivity index (χ2n) is 4.66. The maximum atomic E-state index is 9.01. The maximum Gasteiger partial charge on any atom is 0.0948 e. The summed E-state index contributed by atoms with van der Waals surface area (Å²) in [4.78, 5) is 4.58. The Morgan fingerprint density at radius 3 is 2.65 bits per heavy atom. The first kappa shape index (κ1) is 11.8. The van der Waals surface area contributed by atoms with Crippen LogP contribution in [-0.4, -0.2) is 4.98 Å². The quantitative estimate of drug-likeness (QED) is 0.818. The van der Waals surface area contributed by atoms with Crippen molar-refractivity contribution in [2.75, 3.05) is 0 Å². The van der Waals surface area contributed by atoms with Gasteiger partial charge < -0.3 is 0 Å². The summed E-state index contributed by atoms with van der Waals surface area (Å²) in [6.07, 6.45) is 0.709. The summed E-state index contributed by atoms with van der Waals surface area (Å²) in [6.45, 7) is 3.88. The zero-order valence-electron chi connectivity index (χ0n) is 9.97. The van der Waals surface area contributed by atoms with Crippen LogP contribution in [-0.2, 0) is 6.42 Å². The highest BCUT2D eigenvalue weighted by molar-refractivity contribution is 7.09. The van der Waals surface area contributed by atoms with E-state index < -0.39 is 0 Å². The Balaban J connectivity index is 2.21. The third kappa shape index (κ3) is 2.92. The van der Waals surface area contributed by atoms with Crippen LogP contribution >= 0.6 is 11.3 Å². The zero-order chi connectivity index (χ0) is 12.3. The van der Waals surface area contributed by atoms with E-state index in [1.807, 2.05) is 44.2 Å². The molecule has 1 heterocycles. The fraction of sp³-hybridized carbons (Fsp3) is 0.286. The molecule has 3 heteroatoms. The number of hydrogen-bond donors (Lipinski definition) is 0. The van der Waals surface area contributed by atoms with Crippen molar-refractivity contribution in [2.24, 2.45) is 5.41 Å². The largest absolute Gasteiger partial charge is 0.241 e. The van der Waals surface area contributed by atoms with Crippen LogP contribution in [0, 0.1) is 16.7 Å². The number of rotatable bonds is 3. The van der Waals surface area contributed by atoms with E-state index in [1.165, 1.54) is 0 Å². The molecule has 0 saturated carbocycles. The number of thiazole rings is 1. The van der Waals surface area contributed by atoms with E-state index in [0.717, 1.165) is 16.3 Å². The summed E-state index contributed by atoms with van der Waals surface area (Å²) in [5.41, 5.74) is 1.79. The molecule has 0 amide bonds. The molecule has 0 radical (unpaired) electrons. The molecule has 0 unspecified atom stereocenters. The van der Waals surface area contributed by atoms with Crippen molar-refractivity contribution in [1.29, 1.82) is 5.26 Å². The van der Waals surface area contributed by atoms with Crippen molar-refractivity contribution >= 4 is 11.3 Å². The van der Waals surface area contributed by atoms with Crippen LogP contribution in [0.25, 0.3) is 11.3 Å². The van der Waals surface area contributed by atoms with Crippen LogP contribution in [0.2, 0.25) is 0 Å². The number of aromatic nitrogens is 1. The molecule has 1 aromatic heterocycles. The van der Waals surface area contributed by atoms with Crippen molar-refractivity contribution in [2.45, 2.75) is 20.3 Å². The van der Waals surface area contributed by atoms with Gasteiger partial charge in [0.25, 0.3) is 0 Å². The normalized spacial score (nSPS) is 11.1. The molecule has 2 rings (SSSR count). The fourth-order valence-corrected chi connectivity index (χ4v) is 2.58. The summed E-state index contributed by atoms with van der Waals surface area (Å²) in [5.74, 6) is 0. The van der Waals surface area contributed by atoms with Gasteiger partial charge in [0, 0.05) is 17.4 Å². The van der Waals surface area contributed by atoms with Gasteiger partial charge in [0.15, 0.2) is 0 Å². The highest BCUT2D eigenvalue weighted by atomic mass is 32.1. The highest BCUT2D eigenvalue weighted by Gasteiger charge is 2.19. The fourth-order valence-electron chi connectivity index (χ4n) is 1.55. The van der Waals surface area contributed by atoms with E-state index in [9.17, 15) is 0 Å². The van der Waals surface area contributed by atoms with E-state index >= 15 is 0 Å². The van der Waals surface area contributed by atoms with E-state index in [0.29, 0.717) is 6.42 Å². The molecule has 0 aliphatic heterocycles. The van der Waals surface area contributed by atoms with E-state index in [-0.39, 0.29) is 5.41 Å². The minimum Gasteiger partial charge on any atom is -0.241 e. The second-order valence-corrected chi connectivity index (χ2v) is 5.61. The summed E-state index contributed by atoms with van der Waals surface area (Å²) in [6, 6.07) is 12.4. The minimum atomic E-state index is -0.341. The molecular weight excluding hydrogens is 228 g/mol. The maximum absolute atomic E-state index is 9.01. The lowest BCUT2D eigenvalue weighted by Crippen LogP contribution is -2.11. The number of nitrogens with zero attached hydrogens (tertiary/aromatic N) is 2. The molecule has 1 aromatic carbocycles. The first-order valence-electron chi connectivity index (χ1n) is 5.52. The Kier molecular flexibility index (Phi) is 3.26. The third-order valence-electron chi connectivity index (χ3n) is 2.52. The summed E-state index contributed by atoms with van der Waals surface area (Å²) in [7, 11) is 0. The van der Waals surface area contributed by atoms with Gasteiger partial charge in [-0.1, -0.05) is 30.3 Å². The average molecular weight is 242 g/mol. The first-order valence-corrected chi connectivity index (χ1v) is 6.40. The van der Waals surface area contributed by atoms with Crippen LogP contribution in [0.3, 0.4) is 0 Å². The van der Waals surface area contributed by atoms with Crippen LogP contribution in [0.4, 0.5) is 0 Å². The van der Waals surface area contributed by atoms with Crippen molar-refractivity contribution in [3.8, 4) is 17.3 Å². The molecule has 86 valence electrons. The highest BCUT2D eigenvalue weighted by Crippen LogP contribution is 2.26. The Morgan fingerprint density at radius 2 is 2.00 bits per heavy atom. The van der Waals surface area contributed by atoms with Crippen molar-refractivity contribution in [3.63, 3.8) is 0 Å². The standard InChI is InChI=1S/C14H14N2S/c1-14(2,10-15)8-13-16-12(9-17-13)11-6-4-3-5-7-11/h3-7,9H,8H2,1-2H3. The van der Waals surface area contributed by atoms with E-state index in [1.54, 1.807) is 11.3 Å². The zero-order valence-corrected chi connectivity index (χ0v) is 10.8. The molecule has 0 aliphatic rings. The molecule has 0 bridgehead atoms. The lowest BCUT2D eigenvalue weighted by molar-refractivity contribution is 0.492. The molecule has 0 N–H and O–H groups in total. The molecule has 0 spiro atoms. The summed E-state index contributed by atoms with van der Waals surface area (Å²) in [5, 5.41) is 12.1. The van der Waals surface area contributed by atoms with Gasteiger partial charge in [0.05, 0.1) is 22.2 Å². The van der Waals surface area contributed by atoms with E-state index in [4.69, 9.17) is 5.26 Å². The Bertz CT molecular complexity index is 535. The van der Waals surface area contributed by atoms with Gasteiger partial charge in [-0.05, 0) is 13.8 Å². The molecule has 17 heavy (non-hydrogen) atoms. The number of nitriles is 1. The Morgan fingerprint density at radius 1 is 1.29 bits per heavy atom. The predicted octanol–water partition coefficient (Wildman–Crippen LogP) is 3.90. The molecule has 0 atom stereocenters. The minimum absolute atomic E-state index is 0.341. The van der Waals surface area contributed by atoms with Crippen LogP contribution < -0.4 is 0 Å². The molecule has 0 aliphatic carbocycles. The SMILES string of the molecule is CC(C)(C#N)Cc1nc(-c2ccccc2)cs1. The average Bonchev–Trinajstić information content (AvgIpc) is 2.78. The lowest BCUT2D eigenvalue weighted by Gasteiger charge is -2.11. The Labute approximate surface area is 106 Å². The van der Waals surface area contributed by atoms with E-state index in [2.05, 4.69) is 16.4 Å². The van der Waals surface area contributed by atoms with Crippen molar-refractivity contribution in [1.82, 2.24) is 4.98 Å². The first-order chi connectivity index (χ1) is 8.11. The Hall–Kier alpha value is -1.66. The predicted molar refractivity (Wildman–Crippen MR) is 70.6 cm³/mol. The van der Waals surface area contributed by atoms with Crippen LogP contribution in [0.1, 0.15) is 18.9 Å². The topological polar surface area (TPSA) is 36.7 Å². The van der Waals surface area contributed by atoms with Gasteiger partial charge in [0.1, 0.15) is 0 Å². The summed E-state index contributed by atoms with van der Waals surface area (Å²) >= 11 is 1.62. The molecular formula is C14H14N2S. The summed E-state index contributed by atoms with van der Waals surface area (Å²) < 4.78 is 0. The lowest BCUT2D eigenvalue weighted by atomic mass is 9.92. The second kappa shape index (κ2) is 4.68. The van der Waals surface area contributed by atoms with Crippen LogP contribution in [0.5, 0.6) is 0 Å². The molecule has 0 saturated heterocycles. The van der Waals surface area contributed by atoms with Crippen molar-refractivity contribution < 1.29 is 0 Å². The van der Waals surface area contributed by atoms with Gasteiger partial charge in [0.2, 0.25) is 0 Å². The third-order valence-corrected chi connectivity index (χ3v) is 3.37. The smallest absolute Gasteiger partial charge is 0.0948 e. The monoisotopic (exact) mass is 242 g/mol. The van der Waals surface area contributed by atoms with Gasteiger partial charge in [-0.15, -0.1) is 11.3 Å². The van der Waals surface area contributed by atoms with Crippen LogP contribution in [0.15, 0.2) is 35.7 Å². The van der Waals surface area contributed by atoms with Crippen molar-refractivity contribution in [3.05, 3.63) is 40.7 Å². The van der Waals surface area contributed by atoms with Gasteiger partial charge in [-0.3, -0.25) is 0 Å². The molecule has 2 aromatic rings. The molecule has 2 nitrogen and oxygen atoms in total. The number of hydrogen-bond acceptors (Lipinski definition) is 3.